The highest BCUT2D eigenvalue weighted by molar-refractivity contribution is 7.89. The molecule has 0 spiro atoms. The molecule has 1 atom stereocenters. The molecular weight excluding hydrogens is 294 g/mol. The van der Waals surface area contributed by atoms with Crippen molar-refractivity contribution in [1.29, 1.82) is 0 Å². The van der Waals surface area contributed by atoms with E-state index in [1.54, 1.807) is 0 Å². The molecule has 1 saturated carbocycles. The molecule has 0 radical (unpaired) electrons. The number of aromatic nitrogens is 1. The van der Waals surface area contributed by atoms with E-state index in [1.165, 1.54) is 36.7 Å². The number of likely N-dealkylation sites (tertiary alicyclic amines) is 1. The van der Waals surface area contributed by atoms with Gasteiger partial charge in [0.1, 0.15) is 10.6 Å². The van der Waals surface area contributed by atoms with Crippen molar-refractivity contribution in [2.45, 2.75) is 36.2 Å². The van der Waals surface area contributed by atoms with Crippen LogP contribution in [0.15, 0.2) is 17.2 Å². The van der Waals surface area contributed by atoms with E-state index < -0.39 is 16.0 Å². The van der Waals surface area contributed by atoms with Gasteiger partial charge in [0.05, 0.1) is 0 Å². The molecule has 0 amide bonds. The van der Waals surface area contributed by atoms with Gasteiger partial charge in [-0.25, -0.2) is 17.9 Å². The van der Waals surface area contributed by atoms with Crippen molar-refractivity contribution in [3.8, 4) is 0 Å². The second-order valence-electron chi connectivity index (χ2n) is 5.81. The molecule has 2 aliphatic rings. The molecule has 0 aromatic carbocycles. The summed E-state index contributed by atoms with van der Waals surface area (Å²) >= 11 is 0. The van der Waals surface area contributed by atoms with Crippen LogP contribution in [-0.4, -0.2) is 54.1 Å². The van der Waals surface area contributed by atoms with Gasteiger partial charge in [0.25, 0.3) is 0 Å². The Kier molecular flexibility index (Phi) is 3.54. The van der Waals surface area contributed by atoms with Crippen LogP contribution in [0, 0.1) is 0 Å². The predicted octanol–water partition coefficient (Wildman–Crippen LogP) is 0.238. The third-order valence-electron chi connectivity index (χ3n) is 4.11. The standard InChI is InChI=1S/C13H19N3O4S/c1-15-8-11(6-12(15)13(17)18)21(19,20)14-9-4-5-16(7-9)10-2-3-10/h6,8-10,14H,2-5,7H2,1H3,(H,17,18). The van der Waals surface area contributed by atoms with E-state index >= 15 is 0 Å². The van der Waals surface area contributed by atoms with E-state index in [4.69, 9.17) is 5.11 Å². The van der Waals surface area contributed by atoms with Crippen molar-refractivity contribution < 1.29 is 18.3 Å². The van der Waals surface area contributed by atoms with Crippen LogP contribution in [0.2, 0.25) is 0 Å². The molecule has 7 nitrogen and oxygen atoms in total. The summed E-state index contributed by atoms with van der Waals surface area (Å²) in [5.74, 6) is -1.14. The summed E-state index contributed by atoms with van der Waals surface area (Å²) < 4.78 is 28.7. The second-order valence-corrected chi connectivity index (χ2v) is 7.52. The molecule has 8 heteroatoms. The molecule has 1 unspecified atom stereocenters. The number of aryl methyl sites for hydroxylation is 1. The van der Waals surface area contributed by atoms with Gasteiger partial charge in [-0.05, 0) is 25.3 Å². The Hall–Kier alpha value is -1.38. The zero-order chi connectivity index (χ0) is 15.2. The maximum atomic E-state index is 12.3. The molecule has 3 rings (SSSR count). The maximum Gasteiger partial charge on any atom is 0.352 e. The number of carboxylic acid groups (broad SMARTS) is 1. The van der Waals surface area contributed by atoms with E-state index in [9.17, 15) is 13.2 Å². The fourth-order valence-corrected chi connectivity index (χ4v) is 4.17. The van der Waals surface area contributed by atoms with Gasteiger partial charge in [0, 0.05) is 38.4 Å². The molecule has 1 saturated heterocycles. The molecule has 2 heterocycles. The lowest BCUT2D eigenvalue weighted by Crippen LogP contribution is -2.37. The van der Waals surface area contributed by atoms with Crippen LogP contribution >= 0.6 is 0 Å². The minimum absolute atomic E-state index is 0.00673. The van der Waals surface area contributed by atoms with Crippen molar-refractivity contribution in [3.05, 3.63) is 18.0 Å². The maximum absolute atomic E-state index is 12.3. The number of sulfonamides is 1. The van der Waals surface area contributed by atoms with E-state index in [1.807, 2.05) is 0 Å². The summed E-state index contributed by atoms with van der Waals surface area (Å²) in [5, 5.41) is 8.99. The number of hydrogen-bond acceptors (Lipinski definition) is 4. The van der Waals surface area contributed by atoms with E-state index in [0.29, 0.717) is 6.04 Å². The van der Waals surface area contributed by atoms with Crippen LogP contribution in [-0.2, 0) is 17.1 Å². The lowest BCUT2D eigenvalue weighted by atomic mass is 10.3. The molecule has 0 bridgehead atoms. The Morgan fingerprint density at radius 1 is 1.38 bits per heavy atom. The highest BCUT2D eigenvalue weighted by atomic mass is 32.2. The minimum Gasteiger partial charge on any atom is -0.477 e. The topological polar surface area (TPSA) is 91.6 Å². The van der Waals surface area contributed by atoms with Gasteiger partial charge in [0.15, 0.2) is 0 Å². The first kappa shape index (κ1) is 14.6. The number of carboxylic acids is 1. The Bertz CT molecular complexity index is 663. The summed E-state index contributed by atoms with van der Waals surface area (Å²) in [6.07, 6.45) is 4.55. The Balaban J connectivity index is 1.71. The van der Waals surface area contributed by atoms with E-state index in [0.717, 1.165) is 19.5 Å². The first-order valence-electron chi connectivity index (χ1n) is 7.03. The van der Waals surface area contributed by atoms with Crippen LogP contribution in [0.4, 0.5) is 0 Å². The zero-order valence-electron chi connectivity index (χ0n) is 11.8. The average molecular weight is 313 g/mol. The molecular formula is C13H19N3O4S. The molecule has 2 N–H and O–H groups in total. The number of carbonyl (C=O) groups is 1. The fourth-order valence-electron chi connectivity index (χ4n) is 2.84. The molecule has 1 aromatic rings. The third kappa shape index (κ3) is 2.97. The fraction of sp³-hybridized carbons (Fsp3) is 0.615. The summed E-state index contributed by atoms with van der Waals surface area (Å²) in [4.78, 5) is 13.3. The zero-order valence-corrected chi connectivity index (χ0v) is 12.6. The minimum atomic E-state index is -3.67. The van der Waals surface area contributed by atoms with Gasteiger partial charge in [-0.15, -0.1) is 0 Å². The molecule has 116 valence electrons. The van der Waals surface area contributed by atoms with Gasteiger partial charge < -0.3 is 9.67 Å². The van der Waals surface area contributed by atoms with Crippen molar-refractivity contribution in [3.63, 3.8) is 0 Å². The van der Waals surface area contributed by atoms with Crippen LogP contribution in [0.5, 0.6) is 0 Å². The normalized spacial score (nSPS) is 23.6. The highest BCUT2D eigenvalue weighted by Crippen LogP contribution is 2.30. The average Bonchev–Trinajstić information content (AvgIpc) is 3.01. The number of nitrogens with one attached hydrogen (secondary N) is 1. The van der Waals surface area contributed by atoms with Gasteiger partial charge in [-0.1, -0.05) is 0 Å². The number of aromatic carboxylic acids is 1. The SMILES string of the molecule is Cn1cc(S(=O)(=O)NC2CCN(C3CC3)C2)cc1C(=O)O. The Morgan fingerprint density at radius 3 is 2.67 bits per heavy atom. The van der Waals surface area contributed by atoms with Crippen LogP contribution in [0.3, 0.4) is 0 Å². The Morgan fingerprint density at radius 2 is 2.10 bits per heavy atom. The van der Waals surface area contributed by atoms with Crippen molar-refractivity contribution in [2.75, 3.05) is 13.1 Å². The summed E-state index contributed by atoms with van der Waals surface area (Å²) in [7, 11) is -2.15. The summed E-state index contributed by atoms with van der Waals surface area (Å²) in [6.45, 7) is 1.66. The number of hydrogen-bond donors (Lipinski definition) is 2. The smallest absolute Gasteiger partial charge is 0.352 e. The lowest BCUT2D eigenvalue weighted by Gasteiger charge is -2.15. The van der Waals surface area contributed by atoms with Gasteiger partial charge in [-0.3, -0.25) is 4.90 Å². The van der Waals surface area contributed by atoms with Gasteiger partial charge in [0.2, 0.25) is 10.0 Å². The Labute approximate surface area is 123 Å². The second kappa shape index (κ2) is 5.11. The predicted molar refractivity (Wildman–Crippen MR) is 75.7 cm³/mol. The molecule has 1 aliphatic carbocycles. The van der Waals surface area contributed by atoms with Crippen molar-refractivity contribution in [1.82, 2.24) is 14.2 Å². The van der Waals surface area contributed by atoms with Gasteiger partial charge in [-0.2, -0.15) is 0 Å². The monoisotopic (exact) mass is 313 g/mol. The lowest BCUT2D eigenvalue weighted by molar-refractivity contribution is 0.0686. The van der Waals surface area contributed by atoms with Crippen LogP contribution < -0.4 is 4.72 Å². The van der Waals surface area contributed by atoms with Crippen molar-refractivity contribution >= 4 is 16.0 Å². The highest BCUT2D eigenvalue weighted by Gasteiger charge is 2.36. The molecule has 21 heavy (non-hydrogen) atoms. The number of rotatable bonds is 5. The molecule has 1 aromatic heterocycles. The molecule has 1 aliphatic heterocycles. The van der Waals surface area contributed by atoms with Gasteiger partial charge >= 0.3 is 5.97 Å². The first-order chi connectivity index (χ1) is 9.87. The van der Waals surface area contributed by atoms with Crippen LogP contribution in [0.25, 0.3) is 0 Å². The summed E-state index contributed by atoms with van der Waals surface area (Å²) in [6, 6.07) is 1.73. The quantitative estimate of drug-likeness (QED) is 0.812. The third-order valence-corrected chi connectivity index (χ3v) is 5.60. The molecule has 2 fully saturated rings. The van der Waals surface area contributed by atoms with Crippen molar-refractivity contribution in [2.24, 2.45) is 7.05 Å². The number of nitrogens with zero attached hydrogens (tertiary/aromatic N) is 2. The largest absolute Gasteiger partial charge is 0.477 e. The van der Waals surface area contributed by atoms with E-state index in [2.05, 4.69) is 9.62 Å². The first-order valence-corrected chi connectivity index (χ1v) is 8.51. The van der Waals surface area contributed by atoms with Crippen LogP contribution in [0.1, 0.15) is 29.8 Å². The van der Waals surface area contributed by atoms with E-state index in [-0.39, 0.29) is 16.6 Å². The summed E-state index contributed by atoms with van der Waals surface area (Å²) in [5.41, 5.74) is -0.0404.